The Hall–Kier alpha value is 0.420. The summed E-state index contributed by atoms with van der Waals surface area (Å²) in [5.74, 6) is 0. The molecule has 0 amide bonds. The van der Waals surface area contributed by atoms with Crippen LogP contribution in [0.1, 0.15) is 1.43 Å². The van der Waals surface area contributed by atoms with Crippen molar-refractivity contribution in [3.05, 3.63) is 29.3 Å². The molecule has 0 fully saturated rings. The van der Waals surface area contributed by atoms with E-state index in [1.165, 1.54) is 31.3 Å². The predicted octanol–water partition coefficient (Wildman–Crippen LogP) is -1.64. The summed E-state index contributed by atoms with van der Waals surface area (Å²) < 4.78 is 24.5. The fourth-order valence-corrected chi connectivity index (χ4v) is 1.59. The molecular weight excluding hydrogens is 221 g/mol. The molecule has 0 atom stereocenters. The topological polar surface area (TPSA) is 46.2 Å². The van der Waals surface area contributed by atoms with Gasteiger partial charge in [-0.25, -0.2) is 13.1 Å². The Kier molecular flexibility index (Phi) is 5.51. The molecule has 0 heterocycles. The monoisotopic (exact) mass is 229 g/mol. The molecule has 68 valence electrons. The first kappa shape index (κ1) is 13.4. The third kappa shape index (κ3) is 3.58. The second-order valence-electron chi connectivity index (χ2n) is 2.16. The fourth-order valence-electron chi connectivity index (χ4n) is 0.732. The number of sulfonamides is 1. The van der Waals surface area contributed by atoms with Crippen molar-refractivity contribution in [3.63, 3.8) is 0 Å². The first-order valence-corrected chi connectivity index (χ1v) is 5.11. The van der Waals surface area contributed by atoms with Crippen molar-refractivity contribution in [2.45, 2.75) is 4.90 Å². The Morgan fingerprint density at radius 1 is 1.31 bits per heavy atom. The standard InChI is InChI=1S/C7H8ClNO2S.Na.H/c1-9-12(10,11)7-4-2-6(8)3-5-7;;/h2-5,9H,1H3;;/q;+1;-1. The molecule has 0 aliphatic carbocycles. The maximum atomic E-state index is 11.2. The van der Waals surface area contributed by atoms with Crippen molar-refractivity contribution in [1.82, 2.24) is 4.72 Å². The molecule has 0 saturated carbocycles. The minimum absolute atomic E-state index is 0. The van der Waals surface area contributed by atoms with Crippen LogP contribution in [0.4, 0.5) is 0 Å². The van der Waals surface area contributed by atoms with E-state index in [0.717, 1.165) is 0 Å². The summed E-state index contributed by atoms with van der Waals surface area (Å²) in [7, 11) is -1.96. The van der Waals surface area contributed by atoms with Gasteiger partial charge in [0.15, 0.2) is 0 Å². The summed E-state index contributed by atoms with van der Waals surface area (Å²) in [6, 6.07) is 5.97. The van der Waals surface area contributed by atoms with Gasteiger partial charge in [-0.15, -0.1) is 0 Å². The summed E-state index contributed by atoms with van der Waals surface area (Å²) in [6.07, 6.45) is 0. The second kappa shape index (κ2) is 5.34. The molecule has 0 aliphatic rings. The van der Waals surface area contributed by atoms with Crippen molar-refractivity contribution in [3.8, 4) is 0 Å². The van der Waals surface area contributed by atoms with Crippen LogP contribution in [0.15, 0.2) is 29.2 Å². The van der Waals surface area contributed by atoms with Crippen LogP contribution in [0.2, 0.25) is 5.02 Å². The summed E-state index contributed by atoms with van der Waals surface area (Å²) in [4.78, 5) is 0.217. The molecule has 0 radical (unpaired) electrons. The Balaban J connectivity index is 0. The van der Waals surface area contributed by atoms with Gasteiger partial charge in [0, 0.05) is 5.02 Å². The van der Waals surface area contributed by atoms with Crippen LogP contribution in [0.3, 0.4) is 0 Å². The van der Waals surface area contributed by atoms with Crippen molar-refractivity contribution < 1.29 is 39.4 Å². The van der Waals surface area contributed by atoms with Crippen molar-refractivity contribution in [1.29, 1.82) is 0 Å². The molecular formula is C7H9ClNNaO2S. The van der Waals surface area contributed by atoms with Gasteiger partial charge < -0.3 is 1.43 Å². The predicted molar refractivity (Wildman–Crippen MR) is 48.8 cm³/mol. The van der Waals surface area contributed by atoms with E-state index < -0.39 is 10.0 Å². The van der Waals surface area contributed by atoms with Gasteiger partial charge in [-0.2, -0.15) is 0 Å². The Bertz CT molecular complexity index is 368. The molecule has 13 heavy (non-hydrogen) atoms. The number of benzene rings is 1. The van der Waals surface area contributed by atoms with Gasteiger partial charge in [0.2, 0.25) is 10.0 Å². The van der Waals surface area contributed by atoms with E-state index in [0.29, 0.717) is 5.02 Å². The molecule has 0 bridgehead atoms. The molecule has 1 aromatic rings. The number of hydrogen-bond donors (Lipinski definition) is 1. The largest absolute Gasteiger partial charge is 1.00 e. The quantitative estimate of drug-likeness (QED) is 0.619. The van der Waals surface area contributed by atoms with Gasteiger partial charge >= 0.3 is 29.6 Å². The number of nitrogens with one attached hydrogen (secondary N) is 1. The van der Waals surface area contributed by atoms with Crippen molar-refractivity contribution in [2.75, 3.05) is 7.05 Å². The third-order valence-corrected chi connectivity index (χ3v) is 3.07. The molecule has 0 unspecified atom stereocenters. The van der Waals surface area contributed by atoms with Gasteiger partial charge in [-0.1, -0.05) is 11.6 Å². The second-order valence-corrected chi connectivity index (χ2v) is 4.48. The maximum absolute atomic E-state index is 11.2. The average Bonchev–Trinajstić information content (AvgIpc) is 2.05. The molecule has 1 aromatic carbocycles. The van der Waals surface area contributed by atoms with Crippen LogP contribution in [0.25, 0.3) is 0 Å². The molecule has 3 nitrogen and oxygen atoms in total. The molecule has 0 saturated heterocycles. The number of hydrogen-bond acceptors (Lipinski definition) is 2. The number of halogens is 1. The van der Waals surface area contributed by atoms with Gasteiger partial charge in [-0.3, -0.25) is 0 Å². The first-order chi connectivity index (χ1) is 5.56. The van der Waals surface area contributed by atoms with E-state index in [2.05, 4.69) is 4.72 Å². The Labute approximate surface area is 106 Å². The smallest absolute Gasteiger partial charge is 1.00 e. The fraction of sp³-hybridized carbons (Fsp3) is 0.143. The van der Waals surface area contributed by atoms with Crippen LogP contribution >= 0.6 is 11.6 Å². The molecule has 0 spiro atoms. The van der Waals surface area contributed by atoms with E-state index in [-0.39, 0.29) is 35.9 Å². The van der Waals surface area contributed by atoms with Gasteiger partial charge in [-0.05, 0) is 31.3 Å². The zero-order chi connectivity index (χ0) is 9.19. The molecule has 0 aliphatic heterocycles. The molecule has 6 heteroatoms. The van der Waals surface area contributed by atoms with Gasteiger partial charge in [0.05, 0.1) is 4.90 Å². The average molecular weight is 230 g/mol. The van der Waals surface area contributed by atoms with E-state index in [1.54, 1.807) is 0 Å². The van der Waals surface area contributed by atoms with Crippen LogP contribution in [0.5, 0.6) is 0 Å². The van der Waals surface area contributed by atoms with Crippen LogP contribution in [-0.4, -0.2) is 15.5 Å². The zero-order valence-corrected chi connectivity index (χ0v) is 11.0. The Morgan fingerprint density at radius 2 is 1.77 bits per heavy atom. The first-order valence-electron chi connectivity index (χ1n) is 3.25. The van der Waals surface area contributed by atoms with Gasteiger partial charge in [0.25, 0.3) is 0 Å². The normalized spacial score (nSPS) is 10.6. The zero-order valence-electron chi connectivity index (χ0n) is 8.41. The van der Waals surface area contributed by atoms with Crippen molar-refractivity contribution >= 4 is 21.6 Å². The van der Waals surface area contributed by atoms with Gasteiger partial charge in [0.1, 0.15) is 0 Å². The minimum atomic E-state index is -3.32. The third-order valence-electron chi connectivity index (χ3n) is 1.39. The van der Waals surface area contributed by atoms with Crippen LogP contribution in [-0.2, 0) is 10.0 Å². The van der Waals surface area contributed by atoms with Crippen LogP contribution in [0, 0.1) is 0 Å². The molecule has 0 aromatic heterocycles. The maximum Gasteiger partial charge on any atom is 1.00 e. The summed E-state index contributed by atoms with van der Waals surface area (Å²) >= 11 is 5.59. The summed E-state index contributed by atoms with van der Waals surface area (Å²) in [5, 5.41) is 0.519. The minimum Gasteiger partial charge on any atom is -1.00 e. The number of rotatable bonds is 2. The van der Waals surface area contributed by atoms with E-state index >= 15 is 0 Å². The molecule has 1 rings (SSSR count). The van der Waals surface area contributed by atoms with Crippen LogP contribution < -0.4 is 34.3 Å². The van der Waals surface area contributed by atoms with E-state index in [4.69, 9.17) is 11.6 Å². The summed E-state index contributed by atoms with van der Waals surface area (Å²) in [6.45, 7) is 0. The molecule has 1 N–H and O–H groups in total. The Morgan fingerprint density at radius 3 is 2.15 bits per heavy atom. The summed E-state index contributed by atoms with van der Waals surface area (Å²) in [5.41, 5.74) is 0. The van der Waals surface area contributed by atoms with Crippen molar-refractivity contribution in [2.24, 2.45) is 0 Å². The SMILES string of the molecule is CNS(=O)(=O)c1ccc(Cl)cc1.[H-].[Na+]. The van der Waals surface area contributed by atoms with E-state index in [9.17, 15) is 8.42 Å². The van der Waals surface area contributed by atoms with E-state index in [1.807, 2.05) is 0 Å².